The molecule has 1 aromatic carbocycles. The fourth-order valence-electron chi connectivity index (χ4n) is 2.62. The summed E-state index contributed by atoms with van der Waals surface area (Å²) < 4.78 is 21.3. The largest absolute Gasteiger partial charge is 0.376 e. The van der Waals surface area contributed by atoms with E-state index in [0.29, 0.717) is 6.42 Å². The SMILES string of the molecule is CCc1ccc(-c2cnn(C[C@@H]3CCCO3)c2)cc1F. The Hall–Kier alpha value is -1.68. The van der Waals surface area contributed by atoms with Gasteiger partial charge < -0.3 is 4.74 Å². The van der Waals surface area contributed by atoms with Crippen molar-refractivity contribution in [2.45, 2.75) is 38.8 Å². The zero-order valence-electron chi connectivity index (χ0n) is 11.7. The van der Waals surface area contributed by atoms with E-state index in [1.807, 2.05) is 29.9 Å². The highest BCUT2D eigenvalue weighted by atomic mass is 19.1. The number of hydrogen-bond acceptors (Lipinski definition) is 2. The third-order valence-corrected chi connectivity index (χ3v) is 3.82. The molecule has 1 atom stereocenters. The van der Waals surface area contributed by atoms with Gasteiger partial charge >= 0.3 is 0 Å². The van der Waals surface area contributed by atoms with Crippen molar-refractivity contribution in [2.24, 2.45) is 0 Å². The molecule has 2 aromatic rings. The zero-order chi connectivity index (χ0) is 13.9. The van der Waals surface area contributed by atoms with Crippen molar-refractivity contribution in [3.8, 4) is 11.1 Å². The number of benzene rings is 1. The van der Waals surface area contributed by atoms with Crippen LogP contribution < -0.4 is 0 Å². The Morgan fingerprint density at radius 2 is 2.30 bits per heavy atom. The Kier molecular flexibility index (Phi) is 3.83. The van der Waals surface area contributed by atoms with Crippen LogP contribution >= 0.6 is 0 Å². The van der Waals surface area contributed by atoms with Crippen LogP contribution in [0.25, 0.3) is 11.1 Å². The van der Waals surface area contributed by atoms with Crippen molar-refractivity contribution in [1.82, 2.24) is 9.78 Å². The van der Waals surface area contributed by atoms with Crippen LogP contribution in [0.15, 0.2) is 30.6 Å². The smallest absolute Gasteiger partial charge is 0.127 e. The van der Waals surface area contributed by atoms with Crippen LogP contribution in [0.1, 0.15) is 25.3 Å². The third kappa shape index (κ3) is 2.75. The molecule has 106 valence electrons. The molecule has 1 aliphatic heterocycles. The molecule has 2 heterocycles. The summed E-state index contributed by atoms with van der Waals surface area (Å²) in [5, 5.41) is 4.34. The zero-order valence-corrected chi connectivity index (χ0v) is 11.7. The number of hydrogen-bond donors (Lipinski definition) is 0. The van der Waals surface area contributed by atoms with E-state index in [-0.39, 0.29) is 11.9 Å². The molecule has 1 aromatic heterocycles. The van der Waals surface area contributed by atoms with Crippen molar-refractivity contribution in [1.29, 1.82) is 0 Å². The van der Waals surface area contributed by atoms with E-state index in [4.69, 9.17) is 4.74 Å². The minimum Gasteiger partial charge on any atom is -0.376 e. The van der Waals surface area contributed by atoms with Crippen LogP contribution in [0.5, 0.6) is 0 Å². The summed E-state index contributed by atoms with van der Waals surface area (Å²) in [5.74, 6) is -0.142. The minimum atomic E-state index is -0.142. The van der Waals surface area contributed by atoms with Gasteiger partial charge in [-0.2, -0.15) is 5.10 Å². The van der Waals surface area contributed by atoms with E-state index >= 15 is 0 Å². The van der Waals surface area contributed by atoms with E-state index in [2.05, 4.69) is 5.10 Å². The van der Waals surface area contributed by atoms with Crippen molar-refractivity contribution >= 4 is 0 Å². The highest BCUT2D eigenvalue weighted by Gasteiger charge is 2.16. The van der Waals surface area contributed by atoms with Gasteiger partial charge in [-0.15, -0.1) is 0 Å². The molecular formula is C16H19FN2O. The number of ether oxygens (including phenoxy) is 1. The van der Waals surface area contributed by atoms with Crippen LogP contribution in [0.2, 0.25) is 0 Å². The van der Waals surface area contributed by atoms with Crippen LogP contribution in [-0.4, -0.2) is 22.5 Å². The average molecular weight is 274 g/mol. The summed E-state index contributed by atoms with van der Waals surface area (Å²) in [6.45, 7) is 3.58. The number of aromatic nitrogens is 2. The summed E-state index contributed by atoms with van der Waals surface area (Å²) >= 11 is 0. The lowest BCUT2D eigenvalue weighted by molar-refractivity contribution is 0.0940. The summed E-state index contributed by atoms with van der Waals surface area (Å²) in [5.41, 5.74) is 2.57. The van der Waals surface area contributed by atoms with Gasteiger partial charge in [0, 0.05) is 18.4 Å². The maximum absolute atomic E-state index is 13.8. The van der Waals surface area contributed by atoms with E-state index in [1.165, 1.54) is 0 Å². The Morgan fingerprint density at radius 1 is 1.40 bits per heavy atom. The normalized spacial score (nSPS) is 18.6. The molecule has 0 aliphatic carbocycles. The standard InChI is InChI=1S/C16H19FN2O/c1-2-12-5-6-13(8-16(12)17)14-9-18-19(10-14)11-15-4-3-7-20-15/h5-6,8-10,15H,2-4,7,11H2,1H3/t15-/m0/s1. The highest BCUT2D eigenvalue weighted by Crippen LogP contribution is 2.22. The second-order valence-corrected chi connectivity index (χ2v) is 5.25. The first-order valence-electron chi connectivity index (χ1n) is 7.19. The summed E-state index contributed by atoms with van der Waals surface area (Å²) in [6, 6.07) is 5.39. The van der Waals surface area contributed by atoms with E-state index in [9.17, 15) is 4.39 Å². The molecule has 0 saturated carbocycles. The molecule has 0 bridgehead atoms. The minimum absolute atomic E-state index is 0.142. The number of nitrogens with zero attached hydrogens (tertiary/aromatic N) is 2. The first kappa shape index (κ1) is 13.3. The van der Waals surface area contributed by atoms with Crippen molar-refractivity contribution < 1.29 is 9.13 Å². The van der Waals surface area contributed by atoms with Gasteiger partial charge in [-0.1, -0.05) is 19.1 Å². The average Bonchev–Trinajstić information content (AvgIpc) is 3.11. The molecule has 0 radical (unpaired) electrons. The van der Waals surface area contributed by atoms with Crippen molar-refractivity contribution in [3.05, 3.63) is 42.0 Å². The Balaban J connectivity index is 1.77. The molecule has 1 saturated heterocycles. The van der Waals surface area contributed by atoms with E-state index < -0.39 is 0 Å². The number of halogens is 1. The fraction of sp³-hybridized carbons (Fsp3) is 0.438. The maximum atomic E-state index is 13.8. The Morgan fingerprint density at radius 3 is 3.00 bits per heavy atom. The van der Waals surface area contributed by atoms with E-state index in [0.717, 1.165) is 42.7 Å². The molecule has 1 aliphatic rings. The highest BCUT2D eigenvalue weighted by molar-refractivity contribution is 5.62. The van der Waals surface area contributed by atoms with Crippen LogP contribution in [-0.2, 0) is 17.7 Å². The molecule has 20 heavy (non-hydrogen) atoms. The van der Waals surface area contributed by atoms with Gasteiger partial charge in [-0.25, -0.2) is 4.39 Å². The second-order valence-electron chi connectivity index (χ2n) is 5.25. The summed E-state index contributed by atoms with van der Waals surface area (Å²) in [4.78, 5) is 0. The first-order chi connectivity index (χ1) is 9.76. The summed E-state index contributed by atoms with van der Waals surface area (Å²) in [7, 11) is 0. The van der Waals surface area contributed by atoms with Crippen molar-refractivity contribution in [2.75, 3.05) is 6.61 Å². The Bertz CT molecular complexity index is 588. The quantitative estimate of drug-likeness (QED) is 0.854. The molecule has 1 fully saturated rings. The predicted molar refractivity (Wildman–Crippen MR) is 76.0 cm³/mol. The van der Waals surface area contributed by atoms with Crippen LogP contribution in [0.3, 0.4) is 0 Å². The number of aryl methyl sites for hydroxylation is 1. The maximum Gasteiger partial charge on any atom is 0.127 e. The second kappa shape index (κ2) is 5.75. The lowest BCUT2D eigenvalue weighted by Crippen LogP contribution is -2.14. The fourth-order valence-corrected chi connectivity index (χ4v) is 2.62. The molecule has 0 amide bonds. The molecular weight excluding hydrogens is 255 g/mol. The van der Waals surface area contributed by atoms with Crippen LogP contribution in [0, 0.1) is 5.82 Å². The van der Waals surface area contributed by atoms with Gasteiger partial charge in [0.15, 0.2) is 0 Å². The molecule has 0 N–H and O–H groups in total. The van der Waals surface area contributed by atoms with E-state index in [1.54, 1.807) is 12.3 Å². The summed E-state index contributed by atoms with van der Waals surface area (Å²) in [6.07, 6.45) is 6.95. The van der Waals surface area contributed by atoms with Gasteiger partial charge in [0.25, 0.3) is 0 Å². The van der Waals surface area contributed by atoms with Crippen molar-refractivity contribution in [3.63, 3.8) is 0 Å². The van der Waals surface area contributed by atoms with Gasteiger partial charge in [-0.05, 0) is 36.5 Å². The van der Waals surface area contributed by atoms with Gasteiger partial charge in [0.05, 0.1) is 18.8 Å². The van der Waals surface area contributed by atoms with Gasteiger partial charge in [-0.3, -0.25) is 4.68 Å². The lowest BCUT2D eigenvalue weighted by atomic mass is 10.1. The monoisotopic (exact) mass is 274 g/mol. The molecule has 4 heteroatoms. The first-order valence-corrected chi connectivity index (χ1v) is 7.19. The molecule has 0 unspecified atom stereocenters. The number of rotatable bonds is 4. The third-order valence-electron chi connectivity index (χ3n) is 3.82. The van der Waals surface area contributed by atoms with Crippen LogP contribution in [0.4, 0.5) is 4.39 Å². The Labute approximate surface area is 118 Å². The lowest BCUT2D eigenvalue weighted by Gasteiger charge is -2.08. The predicted octanol–water partition coefficient (Wildman–Crippen LogP) is 3.43. The van der Waals surface area contributed by atoms with Gasteiger partial charge in [0.1, 0.15) is 5.82 Å². The molecule has 3 nitrogen and oxygen atoms in total. The topological polar surface area (TPSA) is 27.1 Å². The van der Waals surface area contributed by atoms with Gasteiger partial charge in [0.2, 0.25) is 0 Å². The molecule has 3 rings (SSSR count). The molecule has 0 spiro atoms.